The van der Waals surface area contributed by atoms with Gasteiger partial charge >= 0.3 is 24.3 Å². The highest BCUT2D eigenvalue weighted by Gasteiger charge is 2.37. The van der Waals surface area contributed by atoms with Crippen LogP contribution in [0.5, 0.6) is 0 Å². The van der Waals surface area contributed by atoms with Crippen LogP contribution >= 0.6 is 0 Å². The molecule has 2 heterocycles. The summed E-state index contributed by atoms with van der Waals surface area (Å²) in [6.07, 6.45) is -7.55. The predicted octanol–water partition coefficient (Wildman–Crippen LogP) is 4.09. The fraction of sp³-hybridized carbons (Fsp3) is 0.471. The number of amides is 2. The van der Waals surface area contributed by atoms with E-state index in [0.29, 0.717) is 76.5 Å². The molecule has 2 fully saturated rings. The Hall–Kier alpha value is -4.48. The average Bonchev–Trinajstić information content (AvgIpc) is 3.09. The fourth-order valence-electron chi connectivity index (χ4n) is 5.58. The van der Waals surface area contributed by atoms with Gasteiger partial charge in [-0.05, 0) is 48.6 Å². The second kappa shape index (κ2) is 18.7. The monoisotopic (exact) mass is 730 g/mol. The lowest BCUT2D eigenvalue weighted by Gasteiger charge is -2.39. The second-order valence-corrected chi connectivity index (χ2v) is 11.9. The number of hydrogen-bond donors (Lipinski definition) is 3. The number of benzene rings is 2. The lowest BCUT2D eigenvalue weighted by atomic mass is 9.98. The lowest BCUT2D eigenvalue weighted by Crippen LogP contribution is -2.50. The minimum absolute atomic E-state index is 0.0211. The Labute approximate surface area is 290 Å². The molecule has 0 spiro atoms. The van der Waals surface area contributed by atoms with E-state index in [1.54, 1.807) is 4.90 Å². The number of halogens is 6. The zero-order valence-electron chi connectivity index (χ0n) is 27.8. The van der Waals surface area contributed by atoms with Crippen LogP contribution in [0.1, 0.15) is 41.1 Å². The Morgan fingerprint density at radius 1 is 0.882 bits per heavy atom. The van der Waals surface area contributed by atoms with E-state index in [1.807, 2.05) is 35.2 Å². The standard InChI is InChI=1S/C30H36F6N4O3.C4H4O4/c1-38(10-7-21-17-23(29(31,32)33)19-24(18-21)30(34,35)36)28(42)27(22-5-3-2-4-6-22)40-11-8-25(9-12-40)37-20-26(41)39-13-15-43-16-14-39;5-3(6)1-2-4(7)8/h2-6,17-19,25,27,37H,7-16,20H2,1H3;1-2H,(H,5,6)(H,7,8)/b;2-1+. The number of likely N-dealkylation sites (tertiary alicyclic amines) is 1. The molecule has 51 heavy (non-hydrogen) atoms. The van der Waals surface area contributed by atoms with Gasteiger partial charge in [-0.1, -0.05) is 30.3 Å². The van der Waals surface area contributed by atoms with Gasteiger partial charge in [-0.2, -0.15) is 26.3 Å². The van der Waals surface area contributed by atoms with Gasteiger partial charge < -0.3 is 30.1 Å². The van der Waals surface area contributed by atoms with Crippen LogP contribution in [-0.2, 0) is 42.7 Å². The maximum Gasteiger partial charge on any atom is 0.416 e. The van der Waals surface area contributed by atoms with Gasteiger partial charge in [0.2, 0.25) is 11.8 Å². The summed E-state index contributed by atoms with van der Waals surface area (Å²) in [5.74, 6) is -2.80. The van der Waals surface area contributed by atoms with Crippen molar-refractivity contribution in [2.75, 3.05) is 59.5 Å². The number of morpholine rings is 1. The number of likely N-dealkylation sites (N-methyl/N-ethyl adjacent to an activating group) is 1. The number of piperidine rings is 1. The van der Waals surface area contributed by atoms with Gasteiger partial charge in [-0.3, -0.25) is 14.5 Å². The molecule has 0 bridgehead atoms. The number of rotatable bonds is 11. The van der Waals surface area contributed by atoms with E-state index < -0.39 is 41.5 Å². The zero-order chi connectivity index (χ0) is 37.8. The van der Waals surface area contributed by atoms with Gasteiger partial charge in [-0.15, -0.1) is 0 Å². The fourth-order valence-corrected chi connectivity index (χ4v) is 5.58. The van der Waals surface area contributed by atoms with E-state index in [4.69, 9.17) is 14.9 Å². The summed E-state index contributed by atoms with van der Waals surface area (Å²) in [5, 5.41) is 18.9. The Morgan fingerprint density at radius 3 is 1.90 bits per heavy atom. The number of carboxylic acid groups (broad SMARTS) is 2. The quantitative estimate of drug-likeness (QED) is 0.231. The van der Waals surface area contributed by atoms with E-state index in [1.165, 1.54) is 11.9 Å². The molecule has 0 aliphatic carbocycles. The van der Waals surface area contributed by atoms with Crippen LogP contribution in [0, 0.1) is 0 Å². The van der Waals surface area contributed by atoms with Gasteiger partial charge in [0.15, 0.2) is 0 Å². The normalized spacial score (nSPS) is 16.6. The van der Waals surface area contributed by atoms with Crippen molar-refractivity contribution in [2.45, 2.75) is 43.7 Å². The van der Waals surface area contributed by atoms with Crippen molar-refractivity contribution >= 4 is 23.8 Å². The minimum Gasteiger partial charge on any atom is -0.478 e. The Morgan fingerprint density at radius 2 is 1.41 bits per heavy atom. The smallest absolute Gasteiger partial charge is 0.416 e. The van der Waals surface area contributed by atoms with Crippen LogP contribution in [0.25, 0.3) is 0 Å². The molecule has 2 saturated heterocycles. The summed E-state index contributed by atoms with van der Waals surface area (Å²) in [6.45, 7) is 3.48. The van der Waals surface area contributed by atoms with E-state index in [-0.39, 0.29) is 49.0 Å². The molecule has 2 aromatic carbocycles. The molecule has 11 nitrogen and oxygen atoms in total. The molecule has 1 atom stereocenters. The van der Waals surface area contributed by atoms with Crippen LogP contribution in [0.4, 0.5) is 26.3 Å². The Bertz CT molecular complexity index is 1460. The third-order valence-electron chi connectivity index (χ3n) is 8.28. The molecule has 2 amide bonds. The highest BCUT2D eigenvalue weighted by molar-refractivity contribution is 5.89. The average molecular weight is 731 g/mol. The Balaban J connectivity index is 0.000000783. The van der Waals surface area contributed by atoms with Crippen molar-refractivity contribution < 1.29 is 60.5 Å². The summed E-state index contributed by atoms with van der Waals surface area (Å²) in [4.78, 5) is 50.5. The van der Waals surface area contributed by atoms with Gasteiger partial charge in [0, 0.05) is 58.0 Å². The first-order valence-corrected chi connectivity index (χ1v) is 16.0. The first kappa shape index (κ1) is 40.9. The second-order valence-electron chi connectivity index (χ2n) is 11.9. The summed E-state index contributed by atoms with van der Waals surface area (Å²) in [6, 6.07) is 10.00. The molecule has 0 aromatic heterocycles. The number of carboxylic acids is 2. The van der Waals surface area contributed by atoms with Crippen LogP contribution in [-0.4, -0.2) is 114 Å². The number of hydrogen-bond acceptors (Lipinski definition) is 7. The number of nitrogens with zero attached hydrogens (tertiary/aromatic N) is 3. The number of alkyl halides is 6. The molecule has 2 aromatic rings. The summed E-state index contributed by atoms with van der Waals surface area (Å²) in [7, 11) is 1.50. The number of aliphatic carboxylic acids is 2. The van der Waals surface area contributed by atoms with Crippen LogP contribution in [0.2, 0.25) is 0 Å². The summed E-state index contributed by atoms with van der Waals surface area (Å²) >= 11 is 0. The van der Waals surface area contributed by atoms with Gasteiger partial charge in [0.05, 0.1) is 30.9 Å². The van der Waals surface area contributed by atoms with E-state index in [0.717, 1.165) is 5.56 Å². The SMILES string of the molecule is CN(CCc1cc(C(F)(F)F)cc(C(F)(F)F)c1)C(=O)C(c1ccccc1)N1CCC(NCC(=O)N2CCOCC2)CC1.O=C(O)/C=C/C(=O)O. The molecular formula is C34H40F6N4O7. The molecule has 0 radical (unpaired) electrons. The van der Waals surface area contributed by atoms with Gasteiger partial charge in [0.25, 0.3) is 0 Å². The third kappa shape index (κ3) is 13.3. The molecule has 2 aliphatic heterocycles. The van der Waals surface area contributed by atoms with Crippen molar-refractivity contribution in [2.24, 2.45) is 0 Å². The first-order chi connectivity index (χ1) is 24.0. The summed E-state index contributed by atoms with van der Waals surface area (Å²) in [5.41, 5.74) is -2.17. The van der Waals surface area contributed by atoms with Crippen LogP contribution in [0.3, 0.4) is 0 Å². The highest BCUT2D eigenvalue weighted by atomic mass is 19.4. The topological polar surface area (TPSA) is 140 Å². The van der Waals surface area contributed by atoms with E-state index >= 15 is 0 Å². The molecule has 2 aliphatic rings. The molecule has 17 heteroatoms. The highest BCUT2D eigenvalue weighted by Crippen LogP contribution is 2.36. The molecule has 280 valence electrons. The number of nitrogens with one attached hydrogen (secondary N) is 1. The van der Waals surface area contributed by atoms with E-state index in [2.05, 4.69) is 5.32 Å². The van der Waals surface area contributed by atoms with Crippen molar-refractivity contribution in [3.8, 4) is 0 Å². The number of carbonyl (C=O) groups is 4. The number of ether oxygens (including phenoxy) is 1. The molecule has 3 N–H and O–H groups in total. The minimum atomic E-state index is -4.94. The molecule has 1 unspecified atom stereocenters. The zero-order valence-corrected chi connectivity index (χ0v) is 27.8. The first-order valence-electron chi connectivity index (χ1n) is 16.0. The third-order valence-corrected chi connectivity index (χ3v) is 8.28. The molecule has 0 saturated carbocycles. The maximum absolute atomic E-state index is 13.7. The number of carbonyl (C=O) groups excluding carboxylic acids is 2. The van der Waals surface area contributed by atoms with Crippen molar-refractivity contribution in [3.63, 3.8) is 0 Å². The maximum atomic E-state index is 13.7. The van der Waals surface area contributed by atoms with Crippen molar-refractivity contribution in [3.05, 3.63) is 82.9 Å². The summed E-state index contributed by atoms with van der Waals surface area (Å²) < 4.78 is 85.1. The van der Waals surface area contributed by atoms with Crippen LogP contribution in [0.15, 0.2) is 60.7 Å². The van der Waals surface area contributed by atoms with Crippen molar-refractivity contribution in [1.82, 2.24) is 20.0 Å². The van der Waals surface area contributed by atoms with Crippen molar-refractivity contribution in [1.29, 1.82) is 0 Å². The van der Waals surface area contributed by atoms with Gasteiger partial charge in [0.1, 0.15) is 6.04 Å². The predicted molar refractivity (Wildman–Crippen MR) is 171 cm³/mol. The Kier molecular flexibility index (Phi) is 15.0. The van der Waals surface area contributed by atoms with Crippen LogP contribution < -0.4 is 5.32 Å². The van der Waals surface area contributed by atoms with Gasteiger partial charge in [-0.25, -0.2) is 9.59 Å². The molecule has 4 rings (SSSR count). The molecular weight excluding hydrogens is 690 g/mol. The lowest BCUT2D eigenvalue weighted by molar-refractivity contribution is -0.143. The van der Waals surface area contributed by atoms with E-state index in [9.17, 15) is 45.5 Å². The largest absolute Gasteiger partial charge is 0.478 e.